The Bertz CT molecular complexity index is 652. The highest BCUT2D eigenvalue weighted by Gasteiger charge is 2.25. The zero-order valence-corrected chi connectivity index (χ0v) is 12.0. The van der Waals surface area contributed by atoms with Crippen LogP contribution in [-0.4, -0.2) is 38.9 Å². The van der Waals surface area contributed by atoms with Gasteiger partial charge in [-0.15, -0.1) is 0 Å². The van der Waals surface area contributed by atoms with Crippen LogP contribution in [0.3, 0.4) is 0 Å². The number of nitrogens with zero attached hydrogens (tertiary/aromatic N) is 4. The molecule has 0 N–H and O–H groups in total. The van der Waals surface area contributed by atoms with Crippen molar-refractivity contribution >= 4 is 5.91 Å². The van der Waals surface area contributed by atoms with Gasteiger partial charge in [0, 0.05) is 19.2 Å². The molecule has 0 unspecified atom stereocenters. The van der Waals surface area contributed by atoms with Crippen LogP contribution < -0.4 is 0 Å². The molecular weight excluding hydrogens is 290 g/mol. The van der Waals surface area contributed by atoms with E-state index in [4.69, 9.17) is 0 Å². The number of piperidine rings is 1. The number of aromatic nitrogens is 3. The summed E-state index contributed by atoms with van der Waals surface area (Å²) in [5, 5.41) is 8.23. The maximum Gasteiger partial charge on any atom is 0.227 e. The van der Waals surface area contributed by atoms with Gasteiger partial charge in [-0.05, 0) is 24.5 Å². The lowest BCUT2D eigenvalue weighted by molar-refractivity contribution is -0.131. The molecular formula is C15H16F2N4O. The minimum atomic E-state index is -0.677. The summed E-state index contributed by atoms with van der Waals surface area (Å²) in [6.45, 7) is 1.18. The van der Waals surface area contributed by atoms with Gasteiger partial charge >= 0.3 is 0 Å². The molecule has 0 saturated carbocycles. The Kier molecular flexibility index (Phi) is 4.13. The van der Waals surface area contributed by atoms with Crippen molar-refractivity contribution < 1.29 is 13.6 Å². The number of benzene rings is 1. The molecule has 0 atom stereocenters. The molecule has 0 bridgehead atoms. The van der Waals surface area contributed by atoms with E-state index in [1.807, 2.05) is 0 Å². The molecule has 3 rings (SSSR count). The van der Waals surface area contributed by atoms with Gasteiger partial charge < -0.3 is 4.90 Å². The number of hydrogen-bond acceptors (Lipinski definition) is 3. The molecule has 1 aliphatic heterocycles. The average molecular weight is 306 g/mol. The van der Waals surface area contributed by atoms with E-state index >= 15 is 0 Å². The zero-order valence-electron chi connectivity index (χ0n) is 12.0. The van der Waals surface area contributed by atoms with Gasteiger partial charge in [0.2, 0.25) is 5.91 Å². The van der Waals surface area contributed by atoms with Gasteiger partial charge in [-0.25, -0.2) is 8.78 Å². The number of likely N-dealkylation sites (tertiary alicyclic amines) is 1. The van der Waals surface area contributed by atoms with Gasteiger partial charge in [0.05, 0.1) is 24.9 Å². The summed E-state index contributed by atoms with van der Waals surface area (Å²) in [5.74, 6) is -1.46. The molecule has 0 radical (unpaired) electrons. The number of carbonyl (C=O) groups is 1. The van der Waals surface area contributed by atoms with E-state index in [2.05, 4.69) is 10.2 Å². The van der Waals surface area contributed by atoms with Gasteiger partial charge in [-0.2, -0.15) is 15.0 Å². The van der Waals surface area contributed by atoms with Crippen molar-refractivity contribution in [2.45, 2.75) is 25.3 Å². The summed E-state index contributed by atoms with van der Waals surface area (Å²) in [4.78, 5) is 15.6. The summed E-state index contributed by atoms with van der Waals surface area (Å²) in [6, 6.07) is 3.49. The summed E-state index contributed by atoms with van der Waals surface area (Å²) in [7, 11) is 0. The third-order valence-electron chi connectivity index (χ3n) is 3.94. The molecule has 2 aromatic rings. The molecule has 1 aromatic carbocycles. The molecule has 1 aliphatic rings. The first-order valence-electron chi connectivity index (χ1n) is 7.21. The van der Waals surface area contributed by atoms with Gasteiger partial charge in [-0.3, -0.25) is 4.79 Å². The highest BCUT2D eigenvalue weighted by Crippen LogP contribution is 2.21. The van der Waals surface area contributed by atoms with Gasteiger partial charge in [0.25, 0.3) is 0 Å². The van der Waals surface area contributed by atoms with Crippen LogP contribution in [0.25, 0.3) is 0 Å². The van der Waals surface area contributed by atoms with Crippen LogP contribution >= 0.6 is 0 Å². The van der Waals surface area contributed by atoms with Crippen molar-refractivity contribution in [3.63, 3.8) is 0 Å². The van der Waals surface area contributed by atoms with Crippen LogP contribution in [0.15, 0.2) is 30.6 Å². The average Bonchev–Trinajstić information content (AvgIpc) is 3.04. The Morgan fingerprint density at radius 1 is 1.18 bits per heavy atom. The first kappa shape index (κ1) is 14.6. The molecule has 2 heterocycles. The number of rotatable bonds is 3. The second-order valence-corrected chi connectivity index (χ2v) is 5.37. The van der Waals surface area contributed by atoms with Crippen molar-refractivity contribution in [1.29, 1.82) is 0 Å². The van der Waals surface area contributed by atoms with Crippen LogP contribution in [0, 0.1) is 11.6 Å². The van der Waals surface area contributed by atoms with Gasteiger partial charge in [-0.1, -0.05) is 6.07 Å². The van der Waals surface area contributed by atoms with Crippen LogP contribution in [0.2, 0.25) is 0 Å². The fourth-order valence-electron chi connectivity index (χ4n) is 2.70. The third kappa shape index (κ3) is 3.13. The van der Waals surface area contributed by atoms with Crippen LogP contribution in [0.1, 0.15) is 24.4 Å². The van der Waals surface area contributed by atoms with Gasteiger partial charge in [0.15, 0.2) is 0 Å². The maximum atomic E-state index is 13.6. The normalized spacial score (nSPS) is 16.0. The van der Waals surface area contributed by atoms with Crippen molar-refractivity contribution in [3.8, 4) is 0 Å². The molecule has 0 aliphatic carbocycles. The molecule has 1 saturated heterocycles. The summed E-state index contributed by atoms with van der Waals surface area (Å²) >= 11 is 0. The molecule has 0 spiro atoms. The van der Waals surface area contributed by atoms with Crippen LogP contribution in [0.4, 0.5) is 8.78 Å². The summed E-state index contributed by atoms with van der Waals surface area (Å²) in [5.41, 5.74) is 0.224. The first-order valence-corrected chi connectivity index (χ1v) is 7.21. The van der Waals surface area contributed by atoms with E-state index in [-0.39, 0.29) is 23.9 Å². The number of amides is 1. The van der Waals surface area contributed by atoms with E-state index in [9.17, 15) is 13.6 Å². The maximum absolute atomic E-state index is 13.6. The van der Waals surface area contributed by atoms with E-state index in [0.29, 0.717) is 13.1 Å². The number of halogens is 2. The molecule has 1 amide bonds. The van der Waals surface area contributed by atoms with Crippen molar-refractivity contribution in [1.82, 2.24) is 19.9 Å². The standard InChI is InChI=1S/C15H16F2N4O/c16-12-2-1-11(14(17)10-12)9-15(22)20-7-3-13(4-8-20)21-18-5-6-19-21/h1-2,5-6,10,13H,3-4,7-9H2. The molecule has 22 heavy (non-hydrogen) atoms. The smallest absolute Gasteiger partial charge is 0.227 e. The summed E-state index contributed by atoms with van der Waals surface area (Å²) < 4.78 is 26.5. The third-order valence-corrected chi connectivity index (χ3v) is 3.94. The molecule has 7 heteroatoms. The number of carbonyl (C=O) groups excluding carboxylic acids is 1. The number of hydrogen-bond donors (Lipinski definition) is 0. The lowest BCUT2D eigenvalue weighted by Crippen LogP contribution is -2.40. The molecule has 1 aromatic heterocycles. The van der Waals surface area contributed by atoms with Crippen molar-refractivity contribution in [3.05, 3.63) is 47.8 Å². The second-order valence-electron chi connectivity index (χ2n) is 5.37. The Balaban J connectivity index is 1.58. The predicted molar refractivity (Wildman–Crippen MR) is 74.9 cm³/mol. The minimum absolute atomic E-state index is 0.0448. The fraction of sp³-hybridized carbons (Fsp3) is 0.400. The monoisotopic (exact) mass is 306 g/mol. The van der Waals surface area contributed by atoms with E-state index in [0.717, 1.165) is 18.9 Å². The molecule has 1 fully saturated rings. The van der Waals surface area contributed by atoms with E-state index in [1.165, 1.54) is 12.1 Å². The van der Waals surface area contributed by atoms with Gasteiger partial charge in [0.1, 0.15) is 11.6 Å². The predicted octanol–water partition coefficient (Wildman–Crippen LogP) is 1.96. The zero-order chi connectivity index (χ0) is 15.5. The minimum Gasteiger partial charge on any atom is -0.342 e. The van der Waals surface area contributed by atoms with Crippen molar-refractivity contribution in [2.24, 2.45) is 0 Å². The Hall–Kier alpha value is -2.31. The van der Waals surface area contributed by atoms with E-state index in [1.54, 1.807) is 22.1 Å². The highest BCUT2D eigenvalue weighted by atomic mass is 19.1. The lowest BCUT2D eigenvalue weighted by Gasteiger charge is -2.31. The second kappa shape index (κ2) is 6.21. The Labute approximate surface area is 126 Å². The SMILES string of the molecule is O=C(Cc1ccc(F)cc1F)N1CCC(n2nccn2)CC1. The Morgan fingerprint density at radius 2 is 1.86 bits per heavy atom. The molecule has 5 nitrogen and oxygen atoms in total. The van der Waals surface area contributed by atoms with E-state index < -0.39 is 11.6 Å². The fourth-order valence-corrected chi connectivity index (χ4v) is 2.70. The van der Waals surface area contributed by atoms with Crippen LogP contribution in [-0.2, 0) is 11.2 Å². The quantitative estimate of drug-likeness (QED) is 0.871. The van der Waals surface area contributed by atoms with Crippen molar-refractivity contribution in [2.75, 3.05) is 13.1 Å². The Morgan fingerprint density at radius 3 is 2.50 bits per heavy atom. The highest BCUT2D eigenvalue weighted by molar-refractivity contribution is 5.78. The first-order chi connectivity index (χ1) is 10.6. The largest absolute Gasteiger partial charge is 0.342 e. The lowest BCUT2D eigenvalue weighted by atomic mass is 10.0. The topological polar surface area (TPSA) is 51.0 Å². The van der Waals surface area contributed by atoms with Crippen LogP contribution in [0.5, 0.6) is 0 Å². The summed E-state index contributed by atoms with van der Waals surface area (Å²) in [6.07, 6.45) is 4.76. The molecule has 116 valence electrons.